The van der Waals surface area contributed by atoms with Gasteiger partial charge >= 0.3 is 0 Å². The van der Waals surface area contributed by atoms with Crippen molar-refractivity contribution in [3.8, 4) is 23.1 Å². The van der Waals surface area contributed by atoms with E-state index in [0.717, 1.165) is 30.0 Å². The van der Waals surface area contributed by atoms with Crippen LogP contribution in [0.1, 0.15) is 55.1 Å². The number of carbonyl (C=O) groups excluding carboxylic acids is 2. The number of benzene rings is 1. The molecule has 1 amide bonds. The van der Waals surface area contributed by atoms with Crippen LogP contribution in [-0.4, -0.2) is 65.5 Å². The molecule has 40 heavy (non-hydrogen) atoms. The Hall–Kier alpha value is -4.55. The Labute approximate surface area is 233 Å². The average Bonchev–Trinajstić information content (AvgIpc) is 3.66. The van der Waals surface area contributed by atoms with E-state index in [1.165, 1.54) is 0 Å². The highest BCUT2D eigenvalue weighted by Gasteiger charge is 2.54. The van der Waals surface area contributed by atoms with Crippen molar-refractivity contribution in [3.63, 3.8) is 0 Å². The summed E-state index contributed by atoms with van der Waals surface area (Å²) in [5.74, 6) is 6.42. The summed E-state index contributed by atoms with van der Waals surface area (Å²) in [4.78, 5) is 44.2. The third kappa shape index (κ3) is 4.31. The van der Waals surface area contributed by atoms with Crippen LogP contribution < -0.4 is 5.73 Å². The molecule has 2 bridgehead atoms. The Morgan fingerprint density at radius 2 is 1.90 bits per heavy atom. The third-order valence-electron chi connectivity index (χ3n) is 7.97. The van der Waals surface area contributed by atoms with Gasteiger partial charge in [0, 0.05) is 60.1 Å². The number of Topliss-reactive ketones (excluding diaryl/α,β-unsaturated/α-hetero) is 1. The lowest BCUT2D eigenvalue weighted by molar-refractivity contribution is -0.131. The van der Waals surface area contributed by atoms with Crippen LogP contribution in [0.4, 0.5) is 5.82 Å². The largest absolute Gasteiger partial charge is 0.382 e. The van der Waals surface area contributed by atoms with Crippen molar-refractivity contribution in [2.24, 2.45) is 0 Å². The molecular formula is C31H31N7O2. The number of pyridine rings is 1. The Balaban J connectivity index is 1.41. The molecule has 0 spiro atoms. The zero-order chi connectivity index (χ0) is 28.0. The fourth-order valence-corrected chi connectivity index (χ4v) is 6.23. The molecule has 1 aromatic carbocycles. The fourth-order valence-electron chi connectivity index (χ4n) is 6.23. The highest BCUT2D eigenvalue weighted by molar-refractivity contribution is 5.98. The first kappa shape index (κ1) is 25.7. The monoisotopic (exact) mass is 533 g/mol. The van der Waals surface area contributed by atoms with E-state index in [1.807, 2.05) is 58.0 Å². The molecule has 6 rings (SSSR count). The van der Waals surface area contributed by atoms with Gasteiger partial charge in [0.2, 0.25) is 0 Å². The van der Waals surface area contributed by atoms with Crippen molar-refractivity contribution in [3.05, 3.63) is 78.1 Å². The number of hydrogen-bond donors (Lipinski definition) is 1. The van der Waals surface area contributed by atoms with Crippen molar-refractivity contribution < 1.29 is 9.59 Å². The molecule has 2 fully saturated rings. The molecule has 2 aliphatic heterocycles. The number of imidazole rings is 1. The Bertz CT molecular complexity index is 1650. The van der Waals surface area contributed by atoms with Crippen LogP contribution in [0.5, 0.6) is 0 Å². The summed E-state index contributed by atoms with van der Waals surface area (Å²) in [6, 6.07) is 13.2. The summed E-state index contributed by atoms with van der Waals surface area (Å²) in [5.41, 5.74) is 9.90. The molecule has 0 aliphatic carbocycles. The van der Waals surface area contributed by atoms with Gasteiger partial charge in [0.1, 0.15) is 28.9 Å². The molecule has 3 aromatic heterocycles. The van der Waals surface area contributed by atoms with E-state index in [2.05, 4.69) is 40.6 Å². The first-order valence-corrected chi connectivity index (χ1v) is 13.5. The summed E-state index contributed by atoms with van der Waals surface area (Å²) in [5, 5.41) is 0. The summed E-state index contributed by atoms with van der Waals surface area (Å²) in [6.45, 7) is 6.87. The van der Waals surface area contributed by atoms with Crippen LogP contribution in [-0.2, 0) is 11.2 Å². The fraction of sp³-hybridized carbons (Fsp3) is 0.323. The van der Waals surface area contributed by atoms with Crippen LogP contribution in [0.2, 0.25) is 0 Å². The normalized spacial score (nSPS) is 20.2. The van der Waals surface area contributed by atoms with Gasteiger partial charge in [-0.1, -0.05) is 36.3 Å². The minimum atomic E-state index is -0.281. The molecule has 5 heterocycles. The topological polar surface area (TPSA) is 110 Å². The van der Waals surface area contributed by atoms with Crippen molar-refractivity contribution in [2.75, 3.05) is 12.3 Å². The SMILES string of the molecule is CC#CC(=O)N1C2C[C@@H](C1c1nc(-c3ccc(C(=O)Cc4ccccn4)cc3)c3c(N)nccn13)N(C(C)C)C2. The number of fused-ring (bicyclic) bond motifs is 3. The van der Waals surface area contributed by atoms with Gasteiger partial charge in [-0.25, -0.2) is 9.97 Å². The zero-order valence-corrected chi connectivity index (χ0v) is 22.8. The number of anilines is 1. The van der Waals surface area contributed by atoms with Crippen LogP contribution in [0, 0.1) is 11.8 Å². The van der Waals surface area contributed by atoms with E-state index in [-0.39, 0.29) is 36.2 Å². The van der Waals surface area contributed by atoms with Crippen LogP contribution in [0.25, 0.3) is 16.8 Å². The molecule has 2 unspecified atom stereocenters. The van der Waals surface area contributed by atoms with Gasteiger partial charge in [-0.2, -0.15) is 0 Å². The van der Waals surface area contributed by atoms with Gasteiger partial charge < -0.3 is 10.6 Å². The number of amides is 1. The maximum atomic E-state index is 13.2. The third-order valence-corrected chi connectivity index (χ3v) is 7.97. The van der Waals surface area contributed by atoms with Crippen molar-refractivity contribution in [2.45, 2.75) is 57.8 Å². The average molecular weight is 534 g/mol. The van der Waals surface area contributed by atoms with Gasteiger partial charge in [-0.05, 0) is 45.2 Å². The second kappa shape index (κ2) is 10.2. The first-order valence-electron chi connectivity index (χ1n) is 13.5. The molecule has 2 saturated heterocycles. The molecule has 0 radical (unpaired) electrons. The Morgan fingerprint density at radius 3 is 2.60 bits per heavy atom. The Morgan fingerprint density at radius 1 is 1.10 bits per heavy atom. The van der Waals surface area contributed by atoms with E-state index < -0.39 is 0 Å². The number of rotatable bonds is 6. The quantitative estimate of drug-likeness (QED) is 0.298. The lowest BCUT2D eigenvalue weighted by Gasteiger charge is -2.41. The number of nitrogen functional groups attached to an aromatic ring is 1. The van der Waals surface area contributed by atoms with Crippen molar-refractivity contribution in [1.29, 1.82) is 0 Å². The minimum Gasteiger partial charge on any atom is -0.382 e. The molecule has 4 aromatic rings. The number of nitrogens with zero attached hydrogens (tertiary/aromatic N) is 6. The molecular weight excluding hydrogens is 502 g/mol. The maximum Gasteiger partial charge on any atom is 0.299 e. The molecule has 2 N–H and O–H groups in total. The molecule has 0 saturated carbocycles. The predicted molar refractivity (Wildman–Crippen MR) is 152 cm³/mol. The summed E-state index contributed by atoms with van der Waals surface area (Å²) in [6.07, 6.45) is 6.30. The summed E-state index contributed by atoms with van der Waals surface area (Å²) in [7, 11) is 0. The van der Waals surface area contributed by atoms with E-state index in [9.17, 15) is 9.59 Å². The summed E-state index contributed by atoms with van der Waals surface area (Å²) >= 11 is 0. The van der Waals surface area contributed by atoms with Gasteiger partial charge in [0.15, 0.2) is 5.78 Å². The van der Waals surface area contributed by atoms with Crippen molar-refractivity contribution in [1.82, 2.24) is 29.2 Å². The van der Waals surface area contributed by atoms with Crippen LogP contribution in [0.3, 0.4) is 0 Å². The Kier molecular flexibility index (Phi) is 6.56. The van der Waals surface area contributed by atoms with Crippen LogP contribution in [0.15, 0.2) is 61.1 Å². The minimum absolute atomic E-state index is 0.0104. The first-order chi connectivity index (χ1) is 19.4. The number of piperazine rings is 1. The molecule has 9 heteroatoms. The second-order valence-corrected chi connectivity index (χ2v) is 10.6. The number of carbonyl (C=O) groups is 2. The van der Waals surface area contributed by atoms with Crippen LogP contribution >= 0.6 is 0 Å². The summed E-state index contributed by atoms with van der Waals surface area (Å²) < 4.78 is 1.96. The van der Waals surface area contributed by atoms with Gasteiger partial charge in [-0.15, -0.1) is 0 Å². The smallest absolute Gasteiger partial charge is 0.299 e. The predicted octanol–water partition coefficient (Wildman–Crippen LogP) is 3.56. The zero-order valence-electron chi connectivity index (χ0n) is 22.8. The number of ketones is 1. The molecule has 202 valence electrons. The van der Waals surface area contributed by atoms with Gasteiger partial charge in [0.05, 0.1) is 6.42 Å². The second-order valence-electron chi connectivity index (χ2n) is 10.6. The number of nitrogens with two attached hydrogens (primary N) is 1. The van der Waals surface area contributed by atoms with E-state index >= 15 is 0 Å². The van der Waals surface area contributed by atoms with Crippen molar-refractivity contribution >= 4 is 23.0 Å². The van der Waals surface area contributed by atoms with Gasteiger partial charge in [-0.3, -0.25) is 23.9 Å². The lowest BCUT2D eigenvalue weighted by Crippen LogP contribution is -2.52. The van der Waals surface area contributed by atoms with E-state index in [1.54, 1.807) is 19.3 Å². The highest BCUT2D eigenvalue weighted by atomic mass is 16.2. The van der Waals surface area contributed by atoms with E-state index in [4.69, 9.17) is 10.7 Å². The maximum absolute atomic E-state index is 13.2. The molecule has 3 atom stereocenters. The van der Waals surface area contributed by atoms with E-state index in [0.29, 0.717) is 28.6 Å². The number of likely N-dealkylation sites (tertiary alicyclic amines) is 2. The lowest BCUT2D eigenvalue weighted by atomic mass is 10.0. The standard InChI is InChI=1S/C31H31N7O2/c1-4-7-26(40)38-23-17-24(37(18-23)19(2)3)28(38)31-35-27(29-30(32)34-14-15-36(29)31)21-11-9-20(10-12-21)25(39)16-22-8-5-6-13-33-22/h5-6,8-15,19,23-24,28H,16-18H2,1-3H3,(H2,32,34)/t23?,24-,28?/m0/s1. The van der Waals surface area contributed by atoms with Gasteiger partial charge in [0.25, 0.3) is 5.91 Å². The highest BCUT2D eigenvalue weighted by Crippen LogP contribution is 2.46. The molecule has 2 aliphatic rings. The number of hydrogen-bond acceptors (Lipinski definition) is 7. The number of aromatic nitrogens is 4. The molecule has 9 nitrogen and oxygen atoms in total.